The van der Waals surface area contributed by atoms with Gasteiger partial charge in [-0.2, -0.15) is 5.26 Å². The van der Waals surface area contributed by atoms with Crippen LogP contribution in [0, 0.1) is 11.3 Å². The van der Waals surface area contributed by atoms with Crippen molar-refractivity contribution < 1.29 is 4.79 Å². The first-order valence-corrected chi connectivity index (χ1v) is 11.9. The Hall–Kier alpha value is -3.24. The maximum absolute atomic E-state index is 12.8. The molecule has 4 rings (SSSR count). The second-order valence-corrected chi connectivity index (χ2v) is 8.57. The number of hydrogen-bond donors (Lipinski definition) is 1. The van der Waals surface area contributed by atoms with Gasteiger partial charge in [0.1, 0.15) is 6.04 Å². The number of nitrogens with one attached hydrogen (secondary N) is 1. The van der Waals surface area contributed by atoms with E-state index in [4.69, 9.17) is 0 Å². The lowest BCUT2D eigenvalue weighted by atomic mass is 9.88. The number of halogens is 1. The molecular formula is C28H32ClN5O. The normalized spacial score (nSPS) is 14.7. The smallest absolute Gasteiger partial charge is 0.236 e. The van der Waals surface area contributed by atoms with Crippen molar-refractivity contribution in [2.75, 3.05) is 39.3 Å². The Morgan fingerprint density at radius 1 is 0.914 bits per heavy atom. The Morgan fingerprint density at radius 2 is 1.51 bits per heavy atom. The third kappa shape index (κ3) is 7.12. The number of carbonyl (C=O) groups excluding carboxylic acids is 1. The Kier molecular flexibility index (Phi) is 10.2. The summed E-state index contributed by atoms with van der Waals surface area (Å²) in [5.74, 6) is 0.412. The van der Waals surface area contributed by atoms with E-state index in [0.29, 0.717) is 38.6 Å². The number of piperazine rings is 1. The molecule has 1 amide bonds. The molecule has 1 N–H and O–H groups in total. The highest BCUT2D eigenvalue weighted by Crippen LogP contribution is 2.27. The lowest BCUT2D eigenvalue weighted by Crippen LogP contribution is -2.51. The fraction of sp³-hybridized carbons (Fsp3) is 0.321. The molecule has 182 valence electrons. The lowest BCUT2D eigenvalue weighted by Gasteiger charge is -2.37. The van der Waals surface area contributed by atoms with Crippen LogP contribution in [0.3, 0.4) is 0 Å². The van der Waals surface area contributed by atoms with E-state index in [0.717, 1.165) is 18.5 Å². The molecular weight excluding hydrogens is 458 g/mol. The predicted octanol–water partition coefficient (Wildman–Crippen LogP) is 4.02. The van der Waals surface area contributed by atoms with Crippen LogP contribution in [0.1, 0.15) is 35.1 Å². The summed E-state index contributed by atoms with van der Waals surface area (Å²) in [5, 5.41) is 13.0. The highest BCUT2D eigenvalue weighted by atomic mass is 35.5. The van der Waals surface area contributed by atoms with Crippen molar-refractivity contribution in [1.82, 2.24) is 20.1 Å². The van der Waals surface area contributed by atoms with Crippen molar-refractivity contribution in [1.29, 1.82) is 5.26 Å². The Balaban J connectivity index is 0.00000342. The maximum atomic E-state index is 12.8. The molecule has 35 heavy (non-hydrogen) atoms. The molecule has 0 bridgehead atoms. The molecule has 0 spiro atoms. The van der Waals surface area contributed by atoms with Crippen molar-refractivity contribution >= 4 is 18.3 Å². The van der Waals surface area contributed by atoms with Crippen LogP contribution in [0.2, 0.25) is 0 Å². The molecule has 2 aromatic carbocycles. The van der Waals surface area contributed by atoms with Crippen LogP contribution in [-0.2, 0) is 4.79 Å². The second kappa shape index (κ2) is 13.6. The second-order valence-electron chi connectivity index (χ2n) is 8.57. The molecule has 1 aromatic heterocycles. The Morgan fingerprint density at radius 3 is 2.06 bits per heavy atom. The van der Waals surface area contributed by atoms with E-state index in [1.165, 1.54) is 11.1 Å². The van der Waals surface area contributed by atoms with Gasteiger partial charge >= 0.3 is 0 Å². The summed E-state index contributed by atoms with van der Waals surface area (Å²) >= 11 is 0. The predicted molar refractivity (Wildman–Crippen MR) is 140 cm³/mol. The van der Waals surface area contributed by atoms with Gasteiger partial charge in [0, 0.05) is 50.1 Å². The third-order valence-electron chi connectivity index (χ3n) is 6.44. The van der Waals surface area contributed by atoms with E-state index in [1.54, 1.807) is 12.4 Å². The first-order valence-electron chi connectivity index (χ1n) is 11.9. The summed E-state index contributed by atoms with van der Waals surface area (Å²) in [5.41, 5.74) is 3.48. The van der Waals surface area contributed by atoms with Gasteiger partial charge in [-0.1, -0.05) is 66.7 Å². The summed E-state index contributed by atoms with van der Waals surface area (Å²) in [6.07, 6.45) is 4.38. The SMILES string of the molecule is Cl.N#CC(c1cccnc1)N1CCN(C(=O)CNCCC(c2ccccc2)c2ccccc2)CC1. The molecule has 0 aliphatic carbocycles. The lowest BCUT2D eigenvalue weighted by molar-refractivity contribution is -0.132. The first kappa shape index (κ1) is 26.4. The molecule has 0 saturated carbocycles. The highest BCUT2D eigenvalue weighted by molar-refractivity contribution is 5.85. The molecule has 2 heterocycles. The highest BCUT2D eigenvalue weighted by Gasteiger charge is 2.27. The number of rotatable bonds is 9. The van der Waals surface area contributed by atoms with Crippen molar-refractivity contribution in [2.45, 2.75) is 18.4 Å². The van der Waals surface area contributed by atoms with Crippen LogP contribution in [0.4, 0.5) is 0 Å². The number of carbonyl (C=O) groups is 1. The quantitative estimate of drug-likeness (QED) is 0.459. The largest absolute Gasteiger partial charge is 0.339 e. The number of amides is 1. The summed E-state index contributed by atoms with van der Waals surface area (Å²) in [6.45, 7) is 3.73. The van der Waals surface area contributed by atoms with E-state index in [1.807, 2.05) is 29.2 Å². The first-order chi connectivity index (χ1) is 16.8. The van der Waals surface area contributed by atoms with Crippen molar-refractivity contribution in [2.24, 2.45) is 0 Å². The molecule has 7 heteroatoms. The summed E-state index contributed by atoms with van der Waals surface area (Å²) in [4.78, 5) is 20.9. The number of hydrogen-bond acceptors (Lipinski definition) is 5. The topological polar surface area (TPSA) is 72.3 Å². The number of aromatic nitrogens is 1. The molecule has 6 nitrogen and oxygen atoms in total. The van der Waals surface area contributed by atoms with Crippen molar-refractivity contribution in [3.63, 3.8) is 0 Å². The number of nitrogens with zero attached hydrogens (tertiary/aromatic N) is 4. The minimum atomic E-state index is -0.322. The monoisotopic (exact) mass is 489 g/mol. The third-order valence-corrected chi connectivity index (χ3v) is 6.44. The fourth-order valence-corrected chi connectivity index (χ4v) is 4.58. The Labute approximate surface area is 214 Å². The number of benzene rings is 2. The molecule has 3 aromatic rings. The van der Waals surface area contributed by atoms with Crippen LogP contribution < -0.4 is 5.32 Å². The maximum Gasteiger partial charge on any atom is 0.236 e. The van der Waals surface area contributed by atoms with Gasteiger partial charge in [0.2, 0.25) is 5.91 Å². The summed E-state index contributed by atoms with van der Waals surface area (Å²) in [6, 6.07) is 26.9. The van der Waals surface area contributed by atoms with E-state index in [2.05, 4.69) is 69.8 Å². The van der Waals surface area contributed by atoms with Crippen LogP contribution in [-0.4, -0.2) is 60.0 Å². The van der Waals surface area contributed by atoms with Crippen LogP contribution in [0.15, 0.2) is 85.2 Å². The van der Waals surface area contributed by atoms with Crippen LogP contribution in [0.5, 0.6) is 0 Å². The van der Waals surface area contributed by atoms with Gasteiger partial charge in [-0.05, 0) is 30.2 Å². The molecule has 1 fully saturated rings. The minimum absolute atomic E-state index is 0. The van der Waals surface area contributed by atoms with E-state index in [9.17, 15) is 10.1 Å². The molecule has 1 saturated heterocycles. The van der Waals surface area contributed by atoms with Gasteiger partial charge in [0.05, 0.1) is 12.6 Å². The minimum Gasteiger partial charge on any atom is -0.339 e. The van der Waals surface area contributed by atoms with Gasteiger partial charge in [-0.15, -0.1) is 12.4 Å². The average Bonchev–Trinajstić information content (AvgIpc) is 2.91. The zero-order valence-electron chi connectivity index (χ0n) is 19.8. The Bertz CT molecular complexity index is 1030. The zero-order valence-corrected chi connectivity index (χ0v) is 20.6. The van der Waals surface area contributed by atoms with Gasteiger partial charge < -0.3 is 10.2 Å². The van der Waals surface area contributed by atoms with Gasteiger partial charge in [-0.3, -0.25) is 14.7 Å². The number of nitriles is 1. The van der Waals surface area contributed by atoms with E-state index >= 15 is 0 Å². The molecule has 1 unspecified atom stereocenters. The zero-order chi connectivity index (χ0) is 23.6. The van der Waals surface area contributed by atoms with Gasteiger partial charge in [0.25, 0.3) is 0 Å². The van der Waals surface area contributed by atoms with Crippen LogP contribution >= 0.6 is 12.4 Å². The standard InChI is InChI=1S/C28H31N5O.ClH/c29-20-27(25-12-7-14-30-21-25)32-16-18-33(19-17-32)28(34)22-31-15-13-26(23-8-3-1-4-9-23)24-10-5-2-6-11-24;/h1-12,14,21,26-27,31H,13,15-19,22H2;1H. The van der Waals surface area contributed by atoms with Gasteiger partial charge in [0.15, 0.2) is 0 Å². The number of pyridine rings is 1. The van der Waals surface area contributed by atoms with Crippen molar-refractivity contribution in [3.05, 3.63) is 102 Å². The fourth-order valence-electron chi connectivity index (χ4n) is 4.58. The van der Waals surface area contributed by atoms with Gasteiger partial charge in [-0.25, -0.2) is 0 Å². The molecule has 1 atom stereocenters. The van der Waals surface area contributed by atoms with Crippen LogP contribution in [0.25, 0.3) is 0 Å². The van der Waals surface area contributed by atoms with E-state index in [-0.39, 0.29) is 24.4 Å². The van der Waals surface area contributed by atoms with Crippen molar-refractivity contribution in [3.8, 4) is 6.07 Å². The summed E-state index contributed by atoms with van der Waals surface area (Å²) in [7, 11) is 0. The molecule has 1 aliphatic rings. The molecule has 1 aliphatic heterocycles. The van der Waals surface area contributed by atoms with E-state index < -0.39 is 0 Å². The summed E-state index contributed by atoms with van der Waals surface area (Å²) < 4.78 is 0. The molecule has 0 radical (unpaired) electrons. The average molecular weight is 490 g/mol.